The standard InChI is InChI=1S/C17H18Cl2N4O5/c1-8-10(16(25)22-17(26)21-8)4-5-12(24)23-20-7-9-6-11(18)15(28-3)13(19)14(9)27-2/h6-7H,4-5H2,1-3H3,(H,23,24)(H2,21,22,25,26)/b20-7+. The van der Waals surface area contributed by atoms with Gasteiger partial charge in [-0.2, -0.15) is 5.10 Å². The molecule has 0 saturated heterocycles. The van der Waals surface area contributed by atoms with Crippen LogP contribution >= 0.6 is 23.2 Å². The molecular weight excluding hydrogens is 411 g/mol. The number of aryl methyl sites for hydroxylation is 1. The van der Waals surface area contributed by atoms with Crippen molar-refractivity contribution in [1.29, 1.82) is 0 Å². The highest BCUT2D eigenvalue weighted by atomic mass is 35.5. The lowest BCUT2D eigenvalue weighted by Crippen LogP contribution is -2.28. The number of aromatic nitrogens is 2. The number of halogens is 2. The van der Waals surface area contributed by atoms with E-state index >= 15 is 0 Å². The maximum Gasteiger partial charge on any atom is 0.325 e. The fraction of sp³-hybridized carbons (Fsp3) is 0.294. The highest BCUT2D eigenvalue weighted by molar-refractivity contribution is 6.38. The summed E-state index contributed by atoms with van der Waals surface area (Å²) in [6, 6.07) is 1.53. The van der Waals surface area contributed by atoms with Crippen LogP contribution in [0.25, 0.3) is 0 Å². The van der Waals surface area contributed by atoms with Crippen molar-refractivity contribution in [2.24, 2.45) is 5.10 Å². The molecule has 0 atom stereocenters. The summed E-state index contributed by atoms with van der Waals surface area (Å²) in [5.41, 5.74) is 2.41. The average molecular weight is 429 g/mol. The maximum absolute atomic E-state index is 12.0. The minimum atomic E-state index is -0.592. The highest BCUT2D eigenvalue weighted by Crippen LogP contribution is 2.41. The van der Waals surface area contributed by atoms with Crippen LogP contribution in [-0.4, -0.2) is 36.3 Å². The predicted molar refractivity (Wildman–Crippen MR) is 106 cm³/mol. The van der Waals surface area contributed by atoms with Crippen LogP contribution in [0.15, 0.2) is 20.8 Å². The van der Waals surface area contributed by atoms with E-state index in [0.29, 0.717) is 16.8 Å². The van der Waals surface area contributed by atoms with Gasteiger partial charge in [-0.15, -0.1) is 0 Å². The molecule has 0 radical (unpaired) electrons. The van der Waals surface area contributed by atoms with Crippen LogP contribution in [0, 0.1) is 6.92 Å². The molecule has 2 rings (SSSR count). The number of nitrogens with one attached hydrogen (secondary N) is 3. The Morgan fingerprint density at radius 1 is 1.21 bits per heavy atom. The van der Waals surface area contributed by atoms with E-state index in [4.69, 9.17) is 32.7 Å². The van der Waals surface area contributed by atoms with Crippen molar-refractivity contribution >= 4 is 35.3 Å². The molecule has 9 nitrogen and oxygen atoms in total. The number of nitrogens with zero attached hydrogens (tertiary/aromatic N) is 1. The highest BCUT2D eigenvalue weighted by Gasteiger charge is 2.16. The van der Waals surface area contributed by atoms with E-state index < -0.39 is 17.2 Å². The minimum absolute atomic E-state index is 0.00539. The van der Waals surface area contributed by atoms with Gasteiger partial charge in [0.25, 0.3) is 5.56 Å². The third kappa shape index (κ3) is 4.93. The molecule has 0 spiro atoms. The molecule has 0 aliphatic rings. The summed E-state index contributed by atoms with van der Waals surface area (Å²) in [6.45, 7) is 1.59. The largest absolute Gasteiger partial charge is 0.494 e. The maximum atomic E-state index is 12.0. The number of rotatable bonds is 7. The number of methoxy groups -OCH3 is 2. The Bertz CT molecular complexity index is 1030. The lowest BCUT2D eigenvalue weighted by molar-refractivity contribution is -0.121. The molecule has 28 heavy (non-hydrogen) atoms. The zero-order valence-electron chi connectivity index (χ0n) is 15.3. The van der Waals surface area contributed by atoms with Gasteiger partial charge in [0.15, 0.2) is 5.75 Å². The van der Waals surface area contributed by atoms with E-state index in [0.717, 1.165) is 0 Å². The van der Waals surface area contributed by atoms with E-state index in [1.165, 1.54) is 26.5 Å². The van der Waals surface area contributed by atoms with Crippen LogP contribution in [0.5, 0.6) is 11.5 Å². The van der Waals surface area contributed by atoms with Gasteiger partial charge in [0.2, 0.25) is 5.91 Å². The van der Waals surface area contributed by atoms with Crippen molar-refractivity contribution < 1.29 is 14.3 Å². The molecule has 1 amide bonds. The molecule has 11 heteroatoms. The van der Waals surface area contributed by atoms with Crippen LogP contribution in [0.4, 0.5) is 0 Å². The van der Waals surface area contributed by atoms with Gasteiger partial charge in [-0.1, -0.05) is 23.2 Å². The lowest BCUT2D eigenvalue weighted by atomic mass is 10.1. The monoisotopic (exact) mass is 428 g/mol. The number of hydrogen-bond donors (Lipinski definition) is 3. The lowest BCUT2D eigenvalue weighted by Gasteiger charge is -2.12. The number of carbonyl (C=O) groups excluding carboxylic acids is 1. The van der Waals surface area contributed by atoms with Crippen molar-refractivity contribution in [2.45, 2.75) is 19.8 Å². The quantitative estimate of drug-likeness (QED) is 0.457. The van der Waals surface area contributed by atoms with Gasteiger partial charge < -0.3 is 14.5 Å². The number of carbonyl (C=O) groups is 1. The smallest absolute Gasteiger partial charge is 0.325 e. The van der Waals surface area contributed by atoms with Crippen LogP contribution in [-0.2, 0) is 11.2 Å². The summed E-state index contributed by atoms with van der Waals surface area (Å²) in [6.07, 6.45) is 1.46. The number of amides is 1. The summed E-state index contributed by atoms with van der Waals surface area (Å²) in [5, 5.41) is 4.29. The van der Waals surface area contributed by atoms with E-state index in [9.17, 15) is 14.4 Å². The van der Waals surface area contributed by atoms with E-state index in [1.54, 1.807) is 6.92 Å². The van der Waals surface area contributed by atoms with Gasteiger partial charge >= 0.3 is 5.69 Å². The van der Waals surface area contributed by atoms with E-state index in [-0.39, 0.29) is 34.4 Å². The summed E-state index contributed by atoms with van der Waals surface area (Å²) in [4.78, 5) is 39.5. The Kier molecular flexibility index (Phi) is 7.24. The first-order chi connectivity index (χ1) is 13.3. The van der Waals surface area contributed by atoms with E-state index in [1.807, 2.05) is 0 Å². The van der Waals surface area contributed by atoms with Gasteiger partial charge in [-0.25, -0.2) is 10.2 Å². The van der Waals surface area contributed by atoms with Gasteiger partial charge in [0, 0.05) is 23.2 Å². The van der Waals surface area contributed by atoms with Crippen molar-refractivity contribution in [1.82, 2.24) is 15.4 Å². The third-order valence-electron chi connectivity index (χ3n) is 3.82. The molecular formula is C17H18Cl2N4O5. The minimum Gasteiger partial charge on any atom is -0.494 e. The second-order valence-electron chi connectivity index (χ2n) is 5.63. The Morgan fingerprint density at radius 3 is 2.50 bits per heavy atom. The molecule has 0 aliphatic heterocycles. The number of hydrogen-bond acceptors (Lipinski definition) is 6. The summed E-state index contributed by atoms with van der Waals surface area (Å²) < 4.78 is 10.3. The molecule has 0 bridgehead atoms. The second-order valence-corrected chi connectivity index (χ2v) is 6.42. The third-order valence-corrected chi connectivity index (χ3v) is 4.44. The predicted octanol–water partition coefficient (Wildman–Crippen LogP) is 1.78. The van der Waals surface area contributed by atoms with Gasteiger partial charge in [-0.3, -0.25) is 14.6 Å². The van der Waals surface area contributed by atoms with E-state index in [2.05, 4.69) is 20.5 Å². The fourth-order valence-electron chi connectivity index (χ4n) is 2.49. The number of H-pyrrole nitrogens is 2. The zero-order chi connectivity index (χ0) is 20.8. The first-order valence-electron chi connectivity index (χ1n) is 8.02. The molecule has 0 unspecified atom stereocenters. The van der Waals surface area contributed by atoms with Crippen LogP contribution in [0.2, 0.25) is 10.0 Å². The number of hydrazone groups is 1. The Morgan fingerprint density at radius 2 is 1.89 bits per heavy atom. The molecule has 3 N–H and O–H groups in total. The normalized spacial score (nSPS) is 10.9. The Hall–Kier alpha value is -2.78. The molecule has 0 fully saturated rings. The zero-order valence-corrected chi connectivity index (χ0v) is 16.8. The molecule has 1 aromatic heterocycles. The molecule has 1 aromatic carbocycles. The number of aromatic amines is 2. The Balaban J connectivity index is 2.06. The topological polar surface area (TPSA) is 126 Å². The Labute approximate surface area is 169 Å². The molecule has 1 heterocycles. The van der Waals surface area contributed by atoms with Crippen LogP contribution < -0.4 is 26.1 Å². The van der Waals surface area contributed by atoms with Crippen LogP contribution in [0.3, 0.4) is 0 Å². The van der Waals surface area contributed by atoms with Crippen molar-refractivity contribution in [3.63, 3.8) is 0 Å². The van der Waals surface area contributed by atoms with Crippen LogP contribution in [0.1, 0.15) is 23.2 Å². The summed E-state index contributed by atoms with van der Waals surface area (Å²) >= 11 is 12.3. The first-order valence-corrected chi connectivity index (χ1v) is 8.78. The molecule has 0 saturated carbocycles. The summed E-state index contributed by atoms with van der Waals surface area (Å²) in [5.74, 6) is 0.130. The summed E-state index contributed by atoms with van der Waals surface area (Å²) in [7, 11) is 2.85. The number of ether oxygens (including phenoxy) is 2. The van der Waals surface area contributed by atoms with Crippen molar-refractivity contribution in [3.05, 3.63) is 53.8 Å². The fourth-order valence-corrected chi connectivity index (χ4v) is 3.19. The van der Waals surface area contributed by atoms with Crippen molar-refractivity contribution in [3.8, 4) is 11.5 Å². The number of benzene rings is 1. The van der Waals surface area contributed by atoms with Gasteiger partial charge in [0.05, 0.1) is 25.5 Å². The first kappa shape index (κ1) is 21.5. The van der Waals surface area contributed by atoms with Gasteiger partial charge in [0.1, 0.15) is 10.8 Å². The second kappa shape index (κ2) is 9.43. The molecule has 2 aromatic rings. The average Bonchev–Trinajstić information content (AvgIpc) is 2.61. The van der Waals surface area contributed by atoms with Crippen molar-refractivity contribution in [2.75, 3.05) is 14.2 Å². The SMILES string of the molecule is COc1c(Cl)cc(/C=N/NC(=O)CCc2c(C)[nH]c(=O)[nH]c2=O)c(OC)c1Cl. The van der Waals surface area contributed by atoms with Gasteiger partial charge in [-0.05, 0) is 19.4 Å². The molecule has 0 aliphatic carbocycles. The molecule has 150 valence electrons.